The predicted molar refractivity (Wildman–Crippen MR) is 95.2 cm³/mol. The van der Waals surface area contributed by atoms with E-state index in [0.717, 1.165) is 22.4 Å². The van der Waals surface area contributed by atoms with E-state index in [1.165, 1.54) is 4.90 Å². The minimum atomic E-state index is -0.365. The maximum atomic E-state index is 12.2. The zero-order valence-corrected chi connectivity index (χ0v) is 14.4. The number of amides is 3. The number of pyridine rings is 1. The lowest BCUT2D eigenvalue weighted by atomic mass is 10.1. The molecule has 0 aliphatic rings. The number of benzene rings is 1. The van der Waals surface area contributed by atoms with Gasteiger partial charge in [0, 0.05) is 18.9 Å². The smallest absolute Gasteiger partial charge is 0.322 e. The lowest BCUT2D eigenvalue weighted by molar-refractivity contribution is -0.116. The summed E-state index contributed by atoms with van der Waals surface area (Å²) in [4.78, 5) is 29.6. The number of anilines is 2. The van der Waals surface area contributed by atoms with Gasteiger partial charge in [0.25, 0.3) is 0 Å². The molecule has 1 heterocycles. The summed E-state index contributed by atoms with van der Waals surface area (Å²) in [6.07, 6.45) is 3.17. The molecule has 0 saturated carbocycles. The predicted octanol–water partition coefficient (Wildman–Crippen LogP) is 3.11. The van der Waals surface area contributed by atoms with Crippen molar-refractivity contribution < 1.29 is 9.59 Å². The molecule has 126 valence electrons. The first-order chi connectivity index (χ1) is 11.4. The zero-order chi connectivity index (χ0) is 17.7. The molecule has 24 heavy (non-hydrogen) atoms. The van der Waals surface area contributed by atoms with E-state index in [1.807, 2.05) is 32.9 Å². The van der Waals surface area contributed by atoms with Gasteiger partial charge in [0.2, 0.25) is 5.91 Å². The van der Waals surface area contributed by atoms with Crippen molar-refractivity contribution in [3.63, 3.8) is 0 Å². The van der Waals surface area contributed by atoms with E-state index < -0.39 is 0 Å². The van der Waals surface area contributed by atoms with Crippen molar-refractivity contribution in [3.05, 3.63) is 53.3 Å². The third-order valence-electron chi connectivity index (χ3n) is 3.58. The number of urea groups is 1. The average Bonchev–Trinajstić information content (AvgIpc) is 2.51. The maximum Gasteiger partial charge on any atom is 0.322 e. The van der Waals surface area contributed by atoms with Gasteiger partial charge in [-0.1, -0.05) is 17.7 Å². The van der Waals surface area contributed by atoms with Gasteiger partial charge in [0.1, 0.15) is 6.54 Å². The number of nitrogens with one attached hydrogen (secondary N) is 2. The molecule has 6 nitrogen and oxygen atoms in total. The number of aromatic nitrogens is 1. The van der Waals surface area contributed by atoms with Gasteiger partial charge < -0.3 is 15.5 Å². The number of hydrogen-bond acceptors (Lipinski definition) is 3. The summed E-state index contributed by atoms with van der Waals surface area (Å²) in [6, 6.07) is 7.13. The molecule has 6 heteroatoms. The SMILES string of the molecule is Cc1cc(C)c(NC(=O)CN(C)C(=O)Nc2cccnc2)c(C)c1. The molecule has 3 amide bonds. The molecule has 0 radical (unpaired) electrons. The Labute approximate surface area is 141 Å². The lowest BCUT2D eigenvalue weighted by Crippen LogP contribution is -2.37. The fourth-order valence-electron chi connectivity index (χ4n) is 2.50. The summed E-state index contributed by atoms with van der Waals surface area (Å²) < 4.78 is 0. The first-order valence-corrected chi connectivity index (χ1v) is 7.66. The lowest BCUT2D eigenvalue weighted by Gasteiger charge is -2.19. The third kappa shape index (κ3) is 4.55. The number of hydrogen-bond donors (Lipinski definition) is 2. The second-order valence-electron chi connectivity index (χ2n) is 5.85. The molecule has 1 aromatic heterocycles. The molecule has 0 spiro atoms. The average molecular weight is 326 g/mol. The van der Waals surface area contributed by atoms with Crippen molar-refractivity contribution >= 4 is 23.3 Å². The molecule has 2 rings (SSSR count). The number of carbonyl (C=O) groups is 2. The van der Waals surface area contributed by atoms with Crippen LogP contribution in [0.5, 0.6) is 0 Å². The van der Waals surface area contributed by atoms with Gasteiger partial charge >= 0.3 is 6.03 Å². The van der Waals surface area contributed by atoms with Crippen LogP contribution in [0.15, 0.2) is 36.7 Å². The maximum absolute atomic E-state index is 12.2. The van der Waals surface area contributed by atoms with E-state index in [0.29, 0.717) is 5.69 Å². The van der Waals surface area contributed by atoms with Crippen LogP contribution in [0.25, 0.3) is 0 Å². The van der Waals surface area contributed by atoms with Crippen molar-refractivity contribution in [2.24, 2.45) is 0 Å². The van der Waals surface area contributed by atoms with E-state index in [9.17, 15) is 9.59 Å². The van der Waals surface area contributed by atoms with Crippen LogP contribution in [-0.2, 0) is 4.79 Å². The summed E-state index contributed by atoms with van der Waals surface area (Å²) in [7, 11) is 1.57. The number of carbonyl (C=O) groups excluding carboxylic acids is 2. The standard InChI is InChI=1S/C18H22N4O2/c1-12-8-13(2)17(14(3)9-12)21-16(23)11-22(4)18(24)20-15-6-5-7-19-10-15/h5-10H,11H2,1-4H3,(H,20,24)(H,21,23). The summed E-state index contributed by atoms with van der Waals surface area (Å²) in [5, 5.41) is 5.57. The van der Waals surface area contributed by atoms with Gasteiger partial charge in [0.15, 0.2) is 0 Å². The van der Waals surface area contributed by atoms with Crippen LogP contribution in [0.3, 0.4) is 0 Å². The van der Waals surface area contributed by atoms with Crippen molar-refractivity contribution in [1.29, 1.82) is 0 Å². The largest absolute Gasteiger partial charge is 0.324 e. The Hall–Kier alpha value is -2.89. The highest BCUT2D eigenvalue weighted by atomic mass is 16.2. The molecule has 0 unspecified atom stereocenters. The Balaban J connectivity index is 1.96. The summed E-state index contributed by atoms with van der Waals surface area (Å²) in [5.41, 5.74) is 4.54. The van der Waals surface area contributed by atoms with Gasteiger partial charge in [-0.05, 0) is 44.0 Å². The first-order valence-electron chi connectivity index (χ1n) is 7.66. The Morgan fingerprint density at radius 3 is 2.38 bits per heavy atom. The molecule has 0 fully saturated rings. The van der Waals surface area contributed by atoms with Crippen molar-refractivity contribution in [2.45, 2.75) is 20.8 Å². The van der Waals surface area contributed by atoms with Crippen LogP contribution in [0, 0.1) is 20.8 Å². The summed E-state index contributed by atoms with van der Waals surface area (Å²) in [5.74, 6) is -0.242. The minimum Gasteiger partial charge on any atom is -0.324 e. The van der Waals surface area contributed by atoms with Gasteiger partial charge in [-0.15, -0.1) is 0 Å². The van der Waals surface area contributed by atoms with E-state index in [1.54, 1.807) is 31.6 Å². The highest BCUT2D eigenvalue weighted by Crippen LogP contribution is 2.21. The fourth-order valence-corrected chi connectivity index (χ4v) is 2.50. The second-order valence-corrected chi connectivity index (χ2v) is 5.85. The van der Waals surface area contributed by atoms with E-state index >= 15 is 0 Å². The molecule has 2 N–H and O–H groups in total. The van der Waals surface area contributed by atoms with Crippen LogP contribution in [-0.4, -0.2) is 35.4 Å². The number of likely N-dealkylation sites (N-methyl/N-ethyl adjacent to an activating group) is 1. The van der Waals surface area contributed by atoms with Crippen LogP contribution in [0.4, 0.5) is 16.2 Å². The molecule has 1 aromatic carbocycles. The third-order valence-corrected chi connectivity index (χ3v) is 3.58. The van der Waals surface area contributed by atoms with Crippen molar-refractivity contribution in [1.82, 2.24) is 9.88 Å². The second kappa shape index (κ2) is 7.59. The van der Waals surface area contributed by atoms with E-state index in [2.05, 4.69) is 15.6 Å². The monoisotopic (exact) mass is 326 g/mol. The van der Waals surface area contributed by atoms with Crippen LogP contribution in [0.2, 0.25) is 0 Å². The molecule has 0 atom stereocenters. The molecule has 2 aromatic rings. The minimum absolute atomic E-state index is 0.0428. The Kier molecular flexibility index (Phi) is 5.52. The highest BCUT2D eigenvalue weighted by molar-refractivity contribution is 5.97. The molecule has 0 aliphatic carbocycles. The van der Waals surface area contributed by atoms with E-state index in [-0.39, 0.29) is 18.5 Å². The molecule has 0 aliphatic heterocycles. The Morgan fingerprint density at radius 1 is 1.12 bits per heavy atom. The van der Waals surface area contributed by atoms with Gasteiger partial charge in [0.05, 0.1) is 11.9 Å². The zero-order valence-electron chi connectivity index (χ0n) is 14.4. The number of aryl methyl sites for hydroxylation is 3. The normalized spacial score (nSPS) is 10.2. The van der Waals surface area contributed by atoms with Gasteiger partial charge in [-0.2, -0.15) is 0 Å². The first kappa shape index (κ1) is 17.5. The van der Waals surface area contributed by atoms with Crippen molar-refractivity contribution in [2.75, 3.05) is 24.2 Å². The van der Waals surface area contributed by atoms with Crippen LogP contribution >= 0.6 is 0 Å². The van der Waals surface area contributed by atoms with Crippen LogP contribution in [0.1, 0.15) is 16.7 Å². The van der Waals surface area contributed by atoms with Crippen LogP contribution < -0.4 is 10.6 Å². The van der Waals surface area contributed by atoms with Crippen molar-refractivity contribution in [3.8, 4) is 0 Å². The number of nitrogens with zero attached hydrogens (tertiary/aromatic N) is 2. The molecule has 0 saturated heterocycles. The molecule has 0 bridgehead atoms. The summed E-state index contributed by atoms with van der Waals surface area (Å²) in [6.45, 7) is 5.88. The van der Waals surface area contributed by atoms with Gasteiger partial charge in [-0.3, -0.25) is 9.78 Å². The Bertz CT molecular complexity index is 721. The molecular formula is C18H22N4O2. The molecular weight excluding hydrogens is 304 g/mol. The van der Waals surface area contributed by atoms with Gasteiger partial charge in [-0.25, -0.2) is 4.79 Å². The Morgan fingerprint density at radius 2 is 1.79 bits per heavy atom. The highest BCUT2D eigenvalue weighted by Gasteiger charge is 2.14. The summed E-state index contributed by atoms with van der Waals surface area (Å²) >= 11 is 0. The fraction of sp³-hybridized carbons (Fsp3) is 0.278. The van der Waals surface area contributed by atoms with E-state index in [4.69, 9.17) is 0 Å². The quantitative estimate of drug-likeness (QED) is 0.906. The topological polar surface area (TPSA) is 74.3 Å². The number of rotatable bonds is 4.